The van der Waals surface area contributed by atoms with Crippen molar-refractivity contribution in [1.82, 2.24) is 5.32 Å². The van der Waals surface area contributed by atoms with Crippen molar-refractivity contribution in [2.24, 2.45) is 0 Å². The third-order valence-electron chi connectivity index (χ3n) is 2.76. The van der Waals surface area contributed by atoms with Crippen LogP contribution in [0.5, 0.6) is 0 Å². The molecule has 2 nitrogen and oxygen atoms in total. The van der Waals surface area contributed by atoms with Crippen molar-refractivity contribution in [2.45, 2.75) is 12.2 Å². The SMILES string of the molecule is Fc1ccc(N2CCN[C@@H](C(F)(F)F)C2)cc1. The lowest BCUT2D eigenvalue weighted by molar-refractivity contribution is -0.155. The van der Waals surface area contributed by atoms with E-state index in [1.165, 1.54) is 24.3 Å². The summed E-state index contributed by atoms with van der Waals surface area (Å²) in [4.78, 5) is 1.61. The maximum absolute atomic E-state index is 12.7. The number of benzene rings is 1. The molecule has 0 amide bonds. The Morgan fingerprint density at radius 2 is 1.82 bits per heavy atom. The van der Waals surface area contributed by atoms with Gasteiger partial charge in [0, 0.05) is 25.3 Å². The van der Waals surface area contributed by atoms with Gasteiger partial charge < -0.3 is 10.2 Å². The van der Waals surface area contributed by atoms with Crippen molar-refractivity contribution in [3.63, 3.8) is 0 Å². The Morgan fingerprint density at radius 1 is 1.18 bits per heavy atom. The van der Waals surface area contributed by atoms with Gasteiger partial charge in [-0.3, -0.25) is 0 Å². The summed E-state index contributed by atoms with van der Waals surface area (Å²) in [6, 6.07) is 3.96. The van der Waals surface area contributed by atoms with Crippen LogP contribution in [0.3, 0.4) is 0 Å². The van der Waals surface area contributed by atoms with E-state index in [0.717, 1.165) is 0 Å². The molecule has 0 radical (unpaired) electrons. The second kappa shape index (κ2) is 4.52. The van der Waals surface area contributed by atoms with Crippen LogP contribution < -0.4 is 10.2 Å². The molecule has 1 aliphatic heterocycles. The Labute approximate surface area is 96.2 Å². The molecule has 1 fully saturated rings. The van der Waals surface area contributed by atoms with Crippen molar-refractivity contribution < 1.29 is 17.6 Å². The van der Waals surface area contributed by atoms with Crippen LogP contribution in [0.4, 0.5) is 23.2 Å². The Kier molecular flexibility index (Phi) is 3.24. The molecule has 1 aliphatic rings. The maximum Gasteiger partial charge on any atom is 0.405 e. The molecule has 6 heteroatoms. The van der Waals surface area contributed by atoms with Crippen LogP contribution in [0.15, 0.2) is 24.3 Å². The van der Waals surface area contributed by atoms with E-state index in [9.17, 15) is 17.6 Å². The number of alkyl halides is 3. The molecule has 0 saturated carbocycles. The number of halogens is 4. The topological polar surface area (TPSA) is 15.3 Å². The predicted molar refractivity (Wildman–Crippen MR) is 56.5 cm³/mol. The summed E-state index contributed by atoms with van der Waals surface area (Å²) in [7, 11) is 0. The van der Waals surface area contributed by atoms with Crippen molar-refractivity contribution >= 4 is 5.69 Å². The average molecular weight is 248 g/mol. The van der Waals surface area contributed by atoms with Gasteiger partial charge in [0.2, 0.25) is 0 Å². The molecule has 0 aromatic heterocycles. The number of hydrogen-bond donors (Lipinski definition) is 1. The summed E-state index contributed by atoms with van der Waals surface area (Å²) in [5, 5.41) is 2.43. The standard InChI is InChI=1S/C11H12F4N2/c12-8-1-3-9(4-2-8)17-6-5-16-10(7-17)11(13,14)15/h1-4,10,16H,5-7H2/t10-/m1/s1. The molecule has 1 aromatic carbocycles. The van der Waals surface area contributed by atoms with Crippen LogP contribution in [0, 0.1) is 5.82 Å². The zero-order chi connectivity index (χ0) is 12.5. The minimum absolute atomic E-state index is 0.144. The van der Waals surface area contributed by atoms with Crippen molar-refractivity contribution in [1.29, 1.82) is 0 Å². The summed E-state index contributed by atoms with van der Waals surface area (Å²) in [6.45, 7) is 0.606. The van der Waals surface area contributed by atoms with Crippen LogP contribution in [-0.2, 0) is 0 Å². The molecule has 1 aromatic rings. The van der Waals surface area contributed by atoms with E-state index >= 15 is 0 Å². The van der Waals surface area contributed by atoms with E-state index in [-0.39, 0.29) is 13.1 Å². The summed E-state index contributed by atoms with van der Waals surface area (Å²) >= 11 is 0. The van der Waals surface area contributed by atoms with Gasteiger partial charge in [0.1, 0.15) is 11.9 Å². The Bertz CT molecular complexity index is 374. The molecular weight excluding hydrogens is 236 g/mol. The largest absolute Gasteiger partial charge is 0.405 e. The Balaban J connectivity index is 2.09. The van der Waals surface area contributed by atoms with Gasteiger partial charge in [-0.15, -0.1) is 0 Å². The maximum atomic E-state index is 12.7. The first kappa shape index (κ1) is 12.2. The minimum atomic E-state index is -4.25. The lowest BCUT2D eigenvalue weighted by atomic mass is 10.1. The molecule has 1 saturated heterocycles. The molecule has 2 rings (SSSR count). The molecule has 94 valence electrons. The number of rotatable bonds is 1. The quantitative estimate of drug-likeness (QED) is 0.766. The first-order valence-corrected chi connectivity index (χ1v) is 5.27. The van der Waals surface area contributed by atoms with Crippen LogP contribution >= 0.6 is 0 Å². The summed E-state index contributed by atoms with van der Waals surface area (Å²) in [5.41, 5.74) is 0.613. The predicted octanol–water partition coefficient (Wildman–Crippen LogP) is 2.17. The first-order valence-electron chi connectivity index (χ1n) is 5.27. The molecule has 0 aliphatic carbocycles. The number of nitrogens with zero attached hydrogens (tertiary/aromatic N) is 1. The van der Waals surface area contributed by atoms with Gasteiger partial charge in [-0.1, -0.05) is 0 Å². The molecular formula is C11H12F4N2. The van der Waals surface area contributed by atoms with Crippen LogP contribution in [0.2, 0.25) is 0 Å². The molecule has 17 heavy (non-hydrogen) atoms. The summed E-state index contributed by atoms with van der Waals surface area (Å²) < 4.78 is 50.3. The fraction of sp³-hybridized carbons (Fsp3) is 0.455. The molecule has 1 N–H and O–H groups in total. The van der Waals surface area contributed by atoms with E-state index < -0.39 is 18.0 Å². The monoisotopic (exact) mass is 248 g/mol. The molecule has 0 unspecified atom stereocenters. The zero-order valence-corrected chi connectivity index (χ0v) is 8.97. The first-order chi connectivity index (χ1) is 7.97. The highest BCUT2D eigenvalue weighted by Crippen LogP contribution is 2.25. The van der Waals surface area contributed by atoms with E-state index in [4.69, 9.17) is 0 Å². The fourth-order valence-corrected chi connectivity index (χ4v) is 1.86. The average Bonchev–Trinajstić information content (AvgIpc) is 2.29. The van der Waals surface area contributed by atoms with E-state index in [1.807, 2.05) is 0 Å². The van der Waals surface area contributed by atoms with E-state index in [0.29, 0.717) is 12.2 Å². The second-order valence-electron chi connectivity index (χ2n) is 3.97. The smallest absolute Gasteiger partial charge is 0.368 e. The van der Waals surface area contributed by atoms with Gasteiger partial charge in [-0.2, -0.15) is 13.2 Å². The summed E-state index contributed by atoms with van der Waals surface area (Å²) in [6.07, 6.45) is -4.25. The third-order valence-corrected chi connectivity index (χ3v) is 2.76. The number of piperazine rings is 1. The zero-order valence-electron chi connectivity index (χ0n) is 8.97. The number of anilines is 1. The van der Waals surface area contributed by atoms with Crippen molar-refractivity contribution in [2.75, 3.05) is 24.5 Å². The molecule has 1 heterocycles. The fourth-order valence-electron chi connectivity index (χ4n) is 1.86. The number of hydrogen-bond acceptors (Lipinski definition) is 2. The summed E-state index contributed by atoms with van der Waals surface area (Å²) in [5.74, 6) is -0.392. The molecule has 0 spiro atoms. The molecule has 0 bridgehead atoms. The van der Waals surface area contributed by atoms with Gasteiger partial charge in [0.05, 0.1) is 0 Å². The van der Waals surface area contributed by atoms with Gasteiger partial charge in [-0.25, -0.2) is 4.39 Å². The minimum Gasteiger partial charge on any atom is -0.368 e. The van der Waals surface area contributed by atoms with Crippen LogP contribution in [0.1, 0.15) is 0 Å². The lowest BCUT2D eigenvalue weighted by Crippen LogP contribution is -2.57. The van der Waals surface area contributed by atoms with Gasteiger partial charge in [0.25, 0.3) is 0 Å². The second-order valence-corrected chi connectivity index (χ2v) is 3.97. The lowest BCUT2D eigenvalue weighted by Gasteiger charge is -2.36. The normalized spacial score (nSPS) is 21.6. The Morgan fingerprint density at radius 3 is 2.41 bits per heavy atom. The van der Waals surface area contributed by atoms with Crippen molar-refractivity contribution in [3.8, 4) is 0 Å². The highest BCUT2D eigenvalue weighted by Gasteiger charge is 2.41. The highest BCUT2D eigenvalue weighted by atomic mass is 19.4. The van der Waals surface area contributed by atoms with E-state index in [2.05, 4.69) is 5.32 Å². The van der Waals surface area contributed by atoms with E-state index in [1.54, 1.807) is 4.90 Å². The Hall–Kier alpha value is -1.30. The highest BCUT2D eigenvalue weighted by molar-refractivity contribution is 5.47. The number of nitrogens with one attached hydrogen (secondary N) is 1. The molecule has 1 atom stereocenters. The van der Waals surface area contributed by atoms with Gasteiger partial charge >= 0.3 is 6.18 Å². The van der Waals surface area contributed by atoms with Gasteiger partial charge in [0.15, 0.2) is 0 Å². The van der Waals surface area contributed by atoms with Crippen molar-refractivity contribution in [3.05, 3.63) is 30.1 Å². The third kappa shape index (κ3) is 2.88. The van der Waals surface area contributed by atoms with Crippen LogP contribution in [-0.4, -0.2) is 31.9 Å². The van der Waals surface area contributed by atoms with Gasteiger partial charge in [-0.05, 0) is 24.3 Å². The van der Waals surface area contributed by atoms with Crippen LogP contribution in [0.25, 0.3) is 0 Å².